The standard InChI is InChI=1S/C23H27N5O4/c1-5-16-12-19(32-26-16)22(29)28-10-11-31-20(14-28)21-18(13-24-23(25-21)27(2)3)15-6-8-17(30-4)9-7-15/h6-9,12-13,20H,5,10-11,14H2,1-4H3/t20-/m1/s1. The van der Waals surface area contributed by atoms with E-state index in [0.717, 1.165) is 28.3 Å². The Bertz CT molecular complexity index is 1080. The van der Waals surface area contributed by atoms with Crippen LogP contribution in [-0.4, -0.2) is 66.8 Å². The first-order valence-corrected chi connectivity index (χ1v) is 10.5. The van der Waals surface area contributed by atoms with Crippen molar-refractivity contribution < 1.29 is 18.8 Å². The van der Waals surface area contributed by atoms with Gasteiger partial charge in [-0.1, -0.05) is 24.2 Å². The molecule has 1 amide bonds. The lowest BCUT2D eigenvalue weighted by Crippen LogP contribution is -2.42. The van der Waals surface area contributed by atoms with Crippen molar-refractivity contribution in [2.24, 2.45) is 0 Å². The zero-order valence-corrected chi connectivity index (χ0v) is 18.7. The van der Waals surface area contributed by atoms with Crippen molar-refractivity contribution in [3.8, 4) is 16.9 Å². The number of methoxy groups -OCH3 is 1. The van der Waals surface area contributed by atoms with Crippen LogP contribution in [0.25, 0.3) is 11.1 Å². The van der Waals surface area contributed by atoms with Gasteiger partial charge < -0.3 is 23.8 Å². The van der Waals surface area contributed by atoms with Gasteiger partial charge in [-0.05, 0) is 24.1 Å². The molecular formula is C23H27N5O4. The minimum absolute atomic E-state index is 0.196. The second-order valence-electron chi connectivity index (χ2n) is 7.74. The van der Waals surface area contributed by atoms with Crippen LogP contribution >= 0.6 is 0 Å². The van der Waals surface area contributed by atoms with Crippen LogP contribution in [0.3, 0.4) is 0 Å². The summed E-state index contributed by atoms with van der Waals surface area (Å²) < 4.78 is 16.6. The fourth-order valence-electron chi connectivity index (χ4n) is 3.57. The van der Waals surface area contributed by atoms with E-state index in [1.807, 2.05) is 50.2 Å². The van der Waals surface area contributed by atoms with Crippen LogP contribution in [0.1, 0.15) is 35.0 Å². The summed E-state index contributed by atoms with van der Waals surface area (Å²) in [6.07, 6.45) is 2.11. The van der Waals surface area contributed by atoms with Crippen molar-refractivity contribution in [1.29, 1.82) is 0 Å². The molecule has 9 nitrogen and oxygen atoms in total. The van der Waals surface area contributed by atoms with Crippen molar-refractivity contribution in [3.63, 3.8) is 0 Å². The Balaban J connectivity index is 1.65. The third-order valence-electron chi connectivity index (χ3n) is 5.40. The Morgan fingerprint density at radius 2 is 2.06 bits per heavy atom. The minimum Gasteiger partial charge on any atom is -0.497 e. The summed E-state index contributed by atoms with van der Waals surface area (Å²) in [5, 5.41) is 3.94. The van der Waals surface area contributed by atoms with Crippen LogP contribution in [0, 0.1) is 0 Å². The largest absolute Gasteiger partial charge is 0.497 e. The number of carbonyl (C=O) groups is 1. The summed E-state index contributed by atoms with van der Waals surface area (Å²) in [5.41, 5.74) is 3.29. The predicted molar refractivity (Wildman–Crippen MR) is 119 cm³/mol. The Hall–Kier alpha value is -3.46. The van der Waals surface area contributed by atoms with Crippen LogP contribution in [0.15, 0.2) is 41.1 Å². The molecule has 1 aliphatic heterocycles. The average Bonchev–Trinajstić information content (AvgIpc) is 3.33. The van der Waals surface area contributed by atoms with Gasteiger partial charge in [0.25, 0.3) is 5.91 Å². The highest BCUT2D eigenvalue weighted by atomic mass is 16.5. The molecule has 1 atom stereocenters. The van der Waals surface area contributed by atoms with Crippen LogP contribution in [0.4, 0.5) is 5.95 Å². The van der Waals surface area contributed by atoms with Crippen molar-refractivity contribution in [2.45, 2.75) is 19.4 Å². The van der Waals surface area contributed by atoms with E-state index < -0.39 is 6.10 Å². The maximum atomic E-state index is 13.0. The van der Waals surface area contributed by atoms with Crippen LogP contribution in [-0.2, 0) is 11.2 Å². The molecule has 0 N–H and O–H groups in total. The second-order valence-corrected chi connectivity index (χ2v) is 7.74. The third kappa shape index (κ3) is 4.43. The van der Waals surface area contributed by atoms with Crippen molar-refractivity contribution >= 4 is 11.9 Å². The molecule has 0 aliphatic carbocycles. The summed E-state index contributed by atoms with van der Waals surface area (Å²) >= 11 is 0. The van der Waals surface area contributed by atoms with Crippen LogP contribution in [0.2, 0.25) is 0 Å². The Morgan fingerprint density at radius 3 is 2.72 bits per heavy atom. The topological polar surface area (TPSA) is 93.8 Å². The first kappa shape index (κ1) is 21.8. The van der Waals surface area contributed by atoms with Gasteiger partial charge in [-0.15, -0.1) is 0 Å². The van der Waals surface area contributed by atoms with Gasteiger partial charge in [-0.25, -0.2) is 9.97 Å². The van der Waals surface area contributed by atoms with E-state index in [2.05, 4.69) is 10.1 Å². The van der Waals surface area contributed by atoms with Gasteiger partial charge in [0.2, 0.25) is 11.7 Å². The predicted octanol–water partition coefficient (Wildman–Crippen LogP) is 2.98. The molecule has 4 rings (SSSR count). The molecule has 1 fully saturated rings. The van der Waals surface area contributed by atoms with E-state index in [9.17, 15) is 4.79 Å². The Kier molecular flexibility index (Phi) is 6.36. The van der Waals surface area contributed by atoms with Gasteiger partial charge in [-0.2, -0.15) is 0 Å². The number of anilines is 1. The van der Waals surface area contributed by atoms with E-state index in [4.69, 9.17) is 19.0 Å². The summed E-state index contributed by atoms with van der Waals surface area (Å²) in [7, 11) is 5.41. The van der Waals surface area contributed by atoms with Gasteiger partial charge in [0.15, 0.2) is 0 Å². The molecular weight excluding hydrogens is 410 g/mol. The van der Waals surface area contributed by atoms with Gasteiger partial charge >= 0.3 is 0 Å². The maximum Gasteiger partial charge on any atom is 0.292 e. The zero-order chi connectivity index (χ0) is 22.7. The number of carbonyl (C=O) groups excluding carboxylic acids is 1. The third-order valence-corrected chi connectivity index (χ3v) is 5.40. The van der Waals surface area contributed by atoms with E-state index in [1.54, 1.807) is 24.3 Å². The van der Waals surface area contributed by atoms with Crippen LogP contribution < -0.4 is 9.64 Å². The average molecular weight is 438 g/mol. The van der Waals surface area contributed by atoms with Gasteiger partial charge in [0, 0.05) is 38.5 Å². The summed E-state index contributed by atoms with van der Waals surface area (Å²) in [5.74, 6) is 1.39. The number of aromatic nitrogens is 3. The number of morpholine rings is 1. The number of rotatable bonds is 6. The molecule has 9 heteroatoms. The molecule has 32 heavy (non-hydrogen) atoms. The monoisotopic (exact) mass is 437 g/mol. The Morgan fingerprint density at radius 1 is 1.28 bits per heavy atom. The van der Waals surface area contributed by atoms with E-state index in [0.29, 0.717) is 32.1 Å². The van der Waals surface area contributed by atoms with E-state index in [-0.39, 0.29) is 11.7 Å². The van der Waals surface area contributed by atoms with Gasteiger partial charge in [0.05, 0.1) is 31.6 Å². The number of amides is 1. The minimum atomic E-state index is -0.403. The summed E-state index contributed by atoms with van der Waals surface area (Å²) in [6.45, 7) is 3.19. The highest BCUT2D eigenvalue weighted by Gasteiger charge is 2.31. The molecule has 0 saturated carbocycles. The molecule has 0 spiro atoms. The number of benzene rings is 1. The van der Waals surface area contributed by atoms with Crippen molar-refractivity contribution in [1.82, 2.24) is 20.0 Å². The zero-order valence-electron chi connectivity index (χ0n) is 18.7. The molecule has 0 radical (unpaired) electrons. The number of aryl methyl sites for hydroxylation is 1. The lowest BCUT2D eigenvalue weighted by atomic mass is 10.0. The van der Waals surface area contributed by atoms with E-state index >= 15 is 0 Å². The van der Waals surface area contributed by atoms with Crippen LogP contribution in [0.5, 0.6) is 5.75 Å². The highest BCUT2D eigenvalue weighted by molar-refractivity contribution is 5.91. The lowest BCUT2D eigenvalue weighted by molar-refractivity contribution is -0.0256. The molecule has 168 valence electrons. The molecule has 3 aromatic rings. The molecule has 0 bridgehead atoms. The second kappa shape index (κ2) is 9.35. The van der Waals surface area contributed by atoms with Crippen molar-refractivity contribution in [3.05, 3.63) is 53.7 Å². The Labute approximate surface area is 187 Å². The fraction of sp³-hybridized carbons (Fsp3) is 0.391. The van der Waals surface area contributed by atoms with E-state index in [1.165, 1.54) is 0 Å². The first-order valence-electron chi connectivity index (χ1n) is 10.5. The fourth-order valence-corrected chi connectivity index (χ4v) is 3.57. The molecule has 1 aromatic carbocycles. The number of ether oxygens (including phenoxy) is 2. The number of nitrogens with zero attached hydrogens (tertiary/aromatic N) is 5. The number of hydrogen-bond donors (Lipinski definition) is 0. The lowest BCUT2D eigenvalue weighted by Gasteiger charge is -2.33. The molecule has 1 saturated heterocycles. The molecule has 2 aromatic heterocycles. The summed E-state index contributed by atoms with van der Waals surface area (Å²) in [6, 6.07) is 9.41. The summed E-state index contributed by atoms with van der Waals surface area (Å²) in [4.78, 5) is 25.8. The molecule has 1 aliphatic rings. The van der Waals surface area contributed by atoms with Crippen molar-refractivity contribution in [2.75, 3.05) is 45.8 Å². The van der Waals surface area contributed by atoms with Gasteiger partial charge in [-0.3, -0.25) is 4.79 Å². The quantitative estimate of drug-likeness (QED) is 0.581. The molecule has 0 unspecified atom stereocenters. The number of hydrogen-bond acceptors (Lipinski definition) is 8. The maximum absolute atomic E-state index is 13.0. The normalized spacial score (nSPS) is 16.1. The first-order chi connectivity index (χ1) is 15.5. The SMILES string of the molecule is CCc1cc(C(=O)N2CCO[C@@H](c3nc(N(C)C)ncc3-c3ccc(OC)cc3)C2)on1. The van der Waals surface area contributed by atoms with Gasteiger partial charge in [0.1, 0.15) is 11.9 Å². The highest BCUT2D eigenvalue weighted by Crippen LogP contribution is 2.32. The smallest absolute Gasteiger partial charge is 0.292 e. The molecule has 3 heterocycles.